The summed E-state index contributed by atoms with van der Waals surface area (Å²) in [5.41, 5.74) is 0. The SMILES string of the molecule is CC/C=C\C/C=C\C/C=C\CCCCCCCC(=O)OC(COC(=O)CCCCCCCCCCCCCCCCCCCCCCC)COP(=O)(O)O. The Labute approximate surface area is 332 Å². The van der Waals surface area contributed by atoms with E-state index in [0.29, 0.717) is 6.42 Å². The van der Waals surface area contributed by atoms with Crippen molar-refractivity contribution in [2.45, 2.75) is 225 Å². The maximum atomic E-state index is 12.4. The number of phosphoric acid groups is 1. The van der Waals surface area contributed by atoms with Crippen molar-refractivity contribution in [3.8, 4) is 0 Å². The van der Waals surface area contributed by atoms with Crippen molar-refractivity contribution >= 4 is 19.8 Å². The second kappa shape index (κ2) is 40.9. The Morgan fingerprint density at radius 1 is 0.500 bits per heavy atom. The monoisotopic (exact) mass is 783 g/mol. The van der Waals surface area contributed by atoms with Crippen LogP contribution in [-0.2, 0) is 28.2 Å². The lowest BCUT2D eigenvalue weighted by Crippen LogP contribution is -2.29. The van der Waals surface area contributed by atoms with Crippen LogP contribution in [0.4, 0.5) is 0 Å². The Morgan fingerprint density at radius 3 is 1.33 bits per heavy atom. The van der Waals surface area contributed by atoms with Crippen molar-refractivity contribution < 1.29 is 37.9 Å². The van der Waals surface area contributed by atoms with E-state index in [1.807, 2.05) is 0 Å². The molecule has 0 aliphatic rings. The molecule has 8 nitrogen and oxygen atoms in total. The van der Waals surface area contributed by atoms with Gasteiger partial charge in [-0.05, 0) is 44.9 Å². The highest BCUT2D eigenvalue weighted by atomic mass is 31.2. The summed E-state index contributed by atoms with van der Waals surface area (Å²) >= 11 is 0. The molecule has 1 unspecified atom stereocenters. The summed E-state index contributed by atoms with van der Waals surface area (Å²) in [6.07, 6.45) is 48.7. The van der Waals surface area contributed by atoms with Crippen LogP contribution in [0, 0.1) is 0 Å². The number of carbonyl (C=O) groups is 2. The molecule has 0 aliphatic carbocycles. The zero-order valence-corrected chi connectivity index (χ0v) is 35.8. The average Bonchev–Trinajstić information content (AvgIpc) is 3.14. The fourth-order valence-electron chi connectivity index (χ4n) is 6.39. The molecule has 54 heavy (non-hydrogen) atoms. The highest BCUT2D eigenvalue weighted by Crippen LogP contribution is 2.36. The van der Waals surface area contributed by atoms with Gasteiger partial charge in [0.2, 0.25) is 0 Å². The molecule has 1 atom stereocenters. The van der Waals surface area contributed by atoms with E-state index in [9.17, 15) is 14.2 Å². The molecule has 0 amide bonds. The molecule has 0 spiro atoms. The van der Waals surface area contributed by atoms with Crippen LogP contribution in [0.2, 0.25) is 0 Å². The molecule has 0 aromatic carbocycles. The van der Waals surface area contributed by atoms with Gasteiger partial charge in [-0.15, -0.1) is 0 Å². The lowest BCUT2D eigenvalue weighted by atomic mass is 10.0. The van der Waals surface area contributed by atoms with Crippen molar-refractivity contribution in [1.29, 1.82) is 0 Å². The largest absolute Gasteiger partial charge is 0.469 e. The molecule has 0 saturated carbocycles. The van der Waals surface area contributed by atoms with Crippen molar-refractivity contribution in [2.75, 3.05) is 13.2 Å². The van der Waals surface area contributed by atoms with E-state index >= 15 is 0 Å². The highest BCUT2D eigenvalue weighted by molar-refractivity contribution is 7.46. The highest BCUT2D eigenvalue weighted by Gasteiger charge is 2.22. The predicted molar refractivity (Wildman–Crippen MR) is 225 cm³/mol. The first kappa shape index (κ1) is 52.3. The third-order valence-electron chi connectivity index (χ3n) is 9.67. The molecule has 9 heteroatoms. The topological polar surface area (TPSA) is 119 Å². The van der Waals surface area contributed by atoms with Gasteiger partial charge in [0, 0.05) is 12.8 Å². The third kappa shape index (κ3) is 43.0. The Hall–Kier alpha value is -1.73. The van der Waals surface area contributed by atoms with E-state index in [4.69, 9.17) is 19.3 Å². The lowest BCUT2D eigenvalue weighted by molar-refractivity contribution is -0.161. The number of ether oxygens (including phenoxy) is 2. The number of rotatable bonds is 41. The zero-order chi connectivity index (χ0) is 39.6. The normalized spacial score (nSPS) is 12.7. The van der Waals surface area contributed by atoms with Gasteiger partial charge in [-0.3, -0.25) is 14.1 Å². The van der Waals surface area contributed by atoms with Gasteiger partial charge < -0.3 is 19.3 Å². The van der Waals surface area contributed by atoms with Gasteiger partial charge in [-0.1, -0.05) is 198 Å². The Morgan fingerprint density at radius 2 is 0.889 bits per heavy atom. The number of allylic oxidation sites excluding steroid dienone is 6. The molecule has 0 bridgehead atoms. The number of hydrogen-bond acceptors (Lipinski definition) is 6. The van der Waals surface area contributed by atoms with Gasteiger partial charge in [0.25, 0.3) is 0 Å². The molecule has 0 aromatic heterocycles. The maximum absolute atomic E-state index is 12.4. The van der Waals surface area contributed by atoms with Gasteiger partial charge in [0.15, 0.2) is 6.10 Å². The number of phosphoric ester groups is 1. The minimum atomic E-state index is -4.76. The van der Waals surface area contributed by atoms with Crippen molar-refractivity contribution in [2.24, 2.45) is 0 Å². The summed E-state index contributed by atoms with van der Waals surface area (Å²) in [4.78, 5) is 42.9. The Kier molecular flexibility index (Phi) is 39.6. The van der Waals surface area contributed by atoms with E-state index in [-0.39, 0.29) is 19.4 Å². The van der Waals surface area contributed by atoms with Crippen molar-refractivity contribution in [3.63, 3.8) is 0 Å². The molecular formula is C45H83O8P. The summed E-state index contributed by atoms with van der Waals surface area (Å²) in [6.45, 7) is 3.58. The molecule has 316 valence electrons. The first-order valence-electron chi connectivity index (χ1n) is 22.3. The second-order valence-electron chi connectivity index (χ2n) is 15.0. The summed E-state index contributed by atoms with van der Waals surface area (Å²) < 4.78 is 26.4. The number of hydrogen-bond donors (Lipinski definition) is 2. The van der Waals surface area contributed by atoms with Gasteiger partial charge in [0.1, 0.15) is 6.61 Å². The smallest absolute Gasteiger partial charge is 0.462 e. The maximum Gasteiger partial charge on any atom is 0.469 e. The number of esters is 2. The predicted octanol–water partition coefficient (Wildman–Crippen LogP) is 13.7. The molecule has 0 heterocycles. The summed E-state index contributed by atoms with van der Waals surface area (Å²) in [6, 6.07) is 0. The minimum absolute atomic E-state index is 0.194. The summed E-state index contributed by atoms with van der Waals surface area (Å²) in [5.74, 6) is -0.896. The zero-order valence-electron chi connectivity index (χ0n) is 34.9. The van der Waals surface area contributed by atoms with Gasteiger partial charge in [-0.25, -0.2) is 4.57 Å². The molecule has 0 aliphatic heterocycles. The van der Waals surface area contributed by atoms with Crippen LogP contribution in [0.1, 0.15) is 219 Å². The van der Waals surface area contributed by atoms with Crippen LogP contribution < -0.4 is 0 Å². The first-order chi connectivity index (χ1) is 26.3. The minimum Gasteiger partial charge on any atom is -0.462 e. The van der Waals surface area contributed by atoms with Crippen LogP contribution in [0.25, 0.3) is 0 Å². The molecular weight excluding hydrogens is 699 g/mol. The molecule has 0 aromatic rings. The van der Waals surface area contributed by atoms with E-state index in [2.05, 4.69) is 54.8 Å². The quantitative estimate of drug-likeness (QED) is 0.0272. The van der Waals surface area contributed by atoms with Crippen LogP contribution in [0.5, 0.6) is 0 Å². The van der Waals surface area contributed by atoms with Crippen LogP contribution in [0.15, 0.2) is 36.5 Å². The third-order valence-corrected chi connectivity index (χ3v) is 10.2. The van der Waals surface area contributed by atoms with Crippen LogP contribution in [0.3, 0.4) is 0 Å². The van der Waals surface area contributed by atoms with Crippen LogP contribution in [-0.4, -0.2) is 41.0 Å². The second-order valence-corrected chi connectivity index (χ2v) is 16.2. The summed E-state index contributed by atoms with van der Waals surface area (Å²) in [7, 11) is -4.76. The first-order valence-corrected chi connectivity index (χ1v) is 23.8. The standard InChI is InChI=1S/C45H83O8P/c1-3-5-7-9-11-13-15-17-19-20-21-22-23-24-26-27-29-31-33-35-37-39-44(46)51-41-43(42-52-54(48,49)50)53-45(47)40-38-36-34-32-30-28-25-18-16-14-12-10-8-6-4-2/h6,8,12,14,18,25,43H,3-5,7,9-11,13,15-17,19-24,26-42H2,1-2H3,(H2,48,49,50)/b8-6-,14-12-,25-18-. The Bertz CT molecular complexity index is 973. The van der Waals surface area contributed by atoms with Crippen LogP contribution >= 0.6 is 7.82 Å². The van der Waals surface area contributed by atoms with Gasteiger partial charge >= 0.3 is 19.8 Å². The van der Waals surface area contributed by atoms with E-state index in [1.165, 1.54) is 116 Å². The fourth-order valence-corrected chi connectivity index (χ4v) is 6.75. The molecule has 0 fully saturated rings. The van der Waals surface area contributed by atoms with E-state index in [1.54, 1.807) is 0 Å². The van der Waals surface area contributed by atoms with Gasteiger partial charge in [0.05, 0.1) is 6.61 Å². The van der Waals surface area contributed by atoms with E-state index in [0.717, 1.165) is 70.6 Å². The average molecular weight is 783 g/mol. The Balaban J connectivity index is 3.85. The number of unbranched alkanes of at least 4 members (excludes halogenated alkanes) is 25. The van der Waals surface area contributed by atoms with Gasteiger partial charge in [-0.2, -0.15) is 0 Å². The van der Waals surface area contributed by atoms with Crippen molar-refractivity contribution in [1.82, 2.24) is 0 Å². The van der Waals surface area contributed by atoms with E-state index < -0.39 is 32.5 Å². The fraction of sp³-hybridized carbons (Fsp3) is 0.822. The molecule has 0 saturated heterocycles. The molecule has 0 rings (SSSR count). The lowest BCUT2D eigenvalue weighted by Gasteiger charge is -2.18. The molecule has 2 N–H and O–H groups in total. The number of carbonyl (C=O) groups excluding carboxylic acids is 2. The molecule has 0 radical (unpaired) electrons. The summed E-state index contributed by atoms with van der Waals surface area (Å²) in [5, 5.41) is 0. The van der Waals surface area contributed by atoms with Crippen molar-refractivity contribution in [3.05, 3.63) is 36.5 Å².